The molecular weight excluding hydrogens is 278 g/mol. The molecule has 0 aliphatic rings. The van der Waals surface area contributed by atoms with Gasteiger partial charge in [-0.15, -0.1) is 11.3 Å². The van der Waals surface area contributed by atoms with Crippen LogP contribution in [0.25, 0.3) is 0 Å². The molecule has 0 atom stereocenters. The molecule has 0 fully saturated rings. The predicted octanol–water partition coefficient (Wildman–Crippen LogP) is 0.428. The molecule has 2 aromatic heterocycles. The SMILES string of the molecule is O=C(NCc1sccc1C#CCCO)c1c[nH]c(=O)[nH]1. The number of aromatic amines is 2. The zero-order valence-corrected chi connectivity index (χ0v) is 11.3. The molecule has 0 aliphatic heterocycles. The third-order valence-electron chi connectivity index (χ3n) is 2.46. The minimum Gasteiger partial charge on any atom is -0.395 e. The molecule has 6 nitrogen and oxygen atoms in total. The van der Waals surface area contributed by atoms with Crippen LogP contribution in [-0.4, -0.2) is 27.6 Å². The van der Waals surface area contributed by atoms with E-state index in [2.05, 4.69) is 27.1 Å². The van der Waals surface area contributed by atoms with Crippen molar-refractivity contribution in [1.82, 2.24) is 15.3 Å². The molecule has 2 rings (SSSR count). The molecule has 0 spiro atoms. The van der Waals surface area contributed by atoms with Gasteiger partial charge in [0.05, 0.1) is 13.2 Å². The van der Waals surface area contributed by atoms with Crippen molar-refractivity contribution < 1.29 is 9.90 Å². The number of carbonyl (C=O) groups is 1. The van der Waals surface area contributed by atoms with Crippen molar-refractivity contribution in [2.24, 2.45) is 0 Å². The van der Waals surface area contributed by atoms with Crippen LogP contribution in [0.4, 0.5) is 0 Å². The number of nitrogens with one attached hydrogen (secondary N) is 3. The maximum absolute atomic E-state index is 11.8. The third-order valence-corrected chi connectivity index (χ3v) is 3.38. The number of aromatic nitrogens is 2. The lowest BCUT2D eigenvalue weighted by Gasteiger charge is -2.02. The number of hydrogen-bond acceptors (Lipinski definition) is 4. The molecule has 0 unspecified atom stereocenters. The first kappa shape index (κ1) is 14.1. The molecule has 0 aliphatic carbocycles. The van der Waals surface area contributed by atoms with Crippen molar-refractivity contribution in [3.63, 3.8) is 0 Å². The number of aliphatic hydroxyl groups is 1. The second-order valence-corrected chi connectivity index (χ2v) is 4.87. The lowest BCUT2D eigenvalue weighted by molar-refractivity contribution is 0.0946. The van der Waals surface area contributed by atoms with E-state index in [4.69, 9.17) is 5.11 Å². The Kier molecular flexibility index (Phi) is 4.76. The molecular formula is C13H13N3O3S. The van der Waals surface area contributed by atoms with Crippen LogP contribution in [0.3, 0.4) is 0 Å². The summed E-state index contributed by atoms with van der Waals surface area (Å²) >= 11 is 1.49. The number of imidazole rings is 1. The summed E-state index contributed by atoms with van der Waals surface area (Å²) in [4.78, 5) is 28.4. The van der Waals surface area contributed by atoms with Crippen molar-refractivity contribution in [2.45, 2.75) is 13.0 Å². The van der Waals surface area contributed by atoms with Crippen LogP contribution in [0.15, 0.2) is 22.4 Å². The van der Waals surface area contributed by atoms with E-state index in [0.717, 1.165) is 10.4 Å². The van der Waals surface area contributed by atoms with E-state index in [9.17, 15) is 9.59 Å². The third kappa shape index (κ3) is 3.60. The fraction of sp³-hybridized carbons (Fsp3) is 0.231. The Hall–Kier alpha value is -2.30. The second kappa shape index (κ2) is 6.75. The lowest BCUT2D eigenvalue weighted by atomic mass is 10.2. The van der Waals surface area contributed by atoms with Gasteiger partial charge >= 0.3 is 5.69 Å². The Balaban J connectivity index is 1.98. The van der Waals surface area contributed by atoms with Crippen LogP contribution < -0.4 is 11.0 Å². The van der Waals surface area contributed by atoms with Crippen LogP contribution in [-0.2, 0) is 6.54 Å². The highest BCUT2D eigenvalue weighted by Gasteiger charge is 2.09. The Morgan fingerprint density at radius 2 is 2.35 bits per heavy atom. The molecule has 2 heterocycles. The van der Waals surface area contributed by atoms with E-state index in [1.807, 2.05) is 11.4 Å². The Labute approximate surface area is 118 Å². The fourth-order valence-corrected chi connectivity index (χ4v) is 2.28. The van der Waals surface area contributed by atoms with Gasteiger partial charge in [0.2, 0.25) is 0 Å². The average Bonchev–Trinajstić information content (AvgIpc) is 3.05. The standard InChI is InChI=1S/C13H13N3O3S/c17-5-2-1-3-9-4-6-20-11(9)8-14-12(18)10-7-15-13(19)16-10/h4,6-7,17H,2,5,8H2,(H,14,18)(H2,15,16,19). The van der Waals surface area contributed by atoms with Gasteiger partial charge in [-0.05, 0) is 11.4 Å². The van der Waals surface area contributed by atoms with Gasteiger partial charge in [-0.25, -0.2) is 4.79 Å². The molecule has 104 valence electrons. The summed E-state index contributed by atoms with van der Waals surface area (Å²) in [5.41, 5.74) is 0.618. The summed E-state index contributed by atoms with van der Waals surface area (Å²) in [5.74, 6) is 5.43. The topological polar surface area (TPSA) is 98.0 Å². The molecule has 0 saturated heterocycles. The van der Waals surface area contributed by atoms with E-state index in [1.54, 1.807) is 0 Å². The zero-order valence-electron chi connectivity index (χ0n) is 10.5. The monoisotopic (exact) mass is 291 g/mol. The fourth-order valence-electron chi connectivity index (χ4n) is 1.51. The van der Waals surface area contributed by atoms with Crippen molar-refractivity contribution >= 4 is 17.2 Å². The molecule has 0 saturated carbocycles. The van der Waals surface area contributed by atoms with Crippen LogP contribution in [0.5, 0.6) is 0 Å². The zero-order chi connectivity index (χ0) is 14.4. The van der Waals surface area contributed by atoms with Crippen molar-refractivity contribution in [1.29, 1.82) is 0 Å². The quantitative estimate of drug-likeness (QED) is 0.615. The molecule has 7 heteroatoms. The van der Waals surface area contributed by atoms with Gasteiger partial charge < -0.3 is 20.4 Å². The predicted molar refractivity (Wildman–Crippen MR) is 75.5 cm³/mol. The highest BCUT2D eigenvalue weighted by molar-refractivity contribution is 7.10. The first-order chi connectivity index (χ1) is 9.70. The molecule has 0 aromatic carbocycles. The molecule has 2 aromatic rings. The van der Waals surface area contributed by atoms with E-state index >= 15 is 0 Å². The number of carbonyl (C=O) groups excluding carboxylic acids is 1. The highest BCUT2D eigenvalue weighted by atomic mass is 32.1. The summed E-state index contributed by atoms with van der Waals surface area (Å²) in [6.45, 7) is 0.372. The Bertz CT molecular complexity index is 702. The van der Waals surface area contributed by atoms with Crippen molar-refractivity contribution in [3.05, 3.63) is 44.3 Å². The Morgan fingerprint density at radius 1 is 1.50 bits per heavy atom. The number of aliphatic hydroxyl groups excluding tert-OH is 1. The summed E-state index contributed by atoms with van der Waals surface area (Å²) in [6.07, 6.45) is 1.75. The van der Waals surface area contributed by atoms with E-state index < -0.39 is 5.69 Å². The highest BCUT2D eigenvalue weighted by Crippen LogP contribution is 2.15. The van der Waals surface area contributed by atoms with Gasteiger partial charge in [0.25, 0.3) is 5.91 Å². The Morgan fingerprint density at radius 3 is 3.05 bits per heavy atom. The van der Waals surface area contributed by atoms with Gasteiger partial charge in [0.1, 0.15) is 5.69 Å². The molecule has 0 bridgehead atoms. The van der Waals surface area contributed by atoms with E-state index in [-0.39, 0.29) is 18.2 Å². The van der Waals surface area contributed by atoms with Gasteiger partial charge in [0, 0.05) is 23.1 Å². The van der Waals surface area contributed by atoms with Crippen LogP contribution >= 0.6 is 11.3 Å². The minimum atomic E-state index is -0.415. The van der Waals surface area contributed by atoms with Crippen LogP contribution in [0.2, 0.25) is 0 Å². The summed E-state index contributed by atoms with van der Waals surface area (Å²) in [5, 5.41) is 13.3. The molecule has 20 heavy (non-hydrogen) atoms. The number of amides is 1. The number of thiophene rings is 1. The van der Waals surface area contributed by atoms with Gasteiger partial charge in [-0.3, -0.25) is 4.79 Å². The van der Waals surface area contributed by atoms with Crippen LogP contribution in [0.1, 0.15) is 27.3 Å². The minimum absolute atomic E-state index is 0.0318. The summed E-state index contributed by atoms with van der Waals surface area (Å²) in [6, 6.07) is 1.87. The summed E-state index contributed by atoms with van der Waals surface area (Å²) < 4.78 is 0. The maximum atomic E-state index is 11.8. The average molecular weight is 291 g/mol. The molecule has 4 N–H and O–H groups in total. The van der Waals surface area contributed by atoms with E-state index in [0.29, 0.717) is 13.0 Å². The van der Waals surface area contributed by atoms with Crippen LogP contribution in [0, 0.1) is 11.8 Å². The second-order valence-electron chi connectivity index (χ2n) is 3.87. The first-order valence-corrected chi connectivity index (χ1v) is 6.80. The first-order valence-electron chi connectivity index (χ1n) is 5.92. The van der Waals surface area contributed by atoms with E-state index in [1.165, 1.54) is 17.5 Å². The largest absolute Gasteiger partial charge is 0.395 e. The smallest absolute Gasteiger partial charge is 0.323 e. The molecule has 1 amide bonds. The van der Waals surface area contributed by atoms with Crippen molar-refractivity contribution in [3.8, 4) is 11.8 Å². The van der Waals surface area contributed by atoms with Gasteiger partial charge in [0.15, 0.2) is 0 Å². The number of hydrogen-bond donors (Lipinski definition) is 4. The lowest BCUT2D eigenvalue weighted by Crippen LogP contribution is -2.23. The van der Waals surface area contributed by atoms with Crippen molar-refractivity contribution in [2.75, 3.05) is 6.61 Å². The number of rotatable bonds is 4. The normalized spacial score (nSPS) is 9.85. The van der Waals surface area contributed by atoms with Gasteiger partial charge in [-0.2, -0.15) is 0 Å². The number of H-pyrrole nitrogens is 2. The van der Waals surface area contributed by atoms with Gasteiger partial charge in [-0.1, -0.05) is 11.8 Å². The maximum Gasteiger partial charge on any atom is 0.323 e. The molecule has 0 radical (unpaired) electrons. The summed E-state index contributed by atoms with van der Waals surface area (Å²) in [7, 11) is 0.